The van der Waals surface area contributed by atoms with Crippen LogP contribution in [0, 0.1) is 11.8 Å². The summed E-state index contributed by atoms with van der Waals surface area (Å²) in [6.45, 7) is 0. The third-order valence-electron chi connectivity index (χ3n) is 11.0. The number of ether oxygens (including phenoxy) is 1. The smallest absolute Gasteiger partial charge is 0.120 e. The van der Waals surface area contributed by atoms with Crippen molar-refractivity contribution in [3.8, 4) is 11.1 Å². The topological polar surface area (TPSA) is 12.5 Å². The molecule has 4 aliphatic rings. The SMILES string of the molecule is [SiH3]C1=CCC2C(=C1c1ccc(N(C3=CC=C(c4ccc5ccccc5c4)CC3)c3ccc(-c4ccccc4)cc3)cc1)OC1C=CCCC12. The van der Waals surface area contributed by atoms with E-state index in [9.17, 15) is 0 Å². The molecule has 3 atom stereocenters. The highest BCUT2D eigenvalue weighted by molar-refractivity contribution is 6.30. The van der Waals surface area contributed by atoms with Crippen molar-refractivity contribution in [1.82, 2.24) is 0 Å². The highest BCUT2D eigenvalue weighted by Gasteiger charge is 2.43. The zero-order valence-electron chi connectivity index (χ0n) is 28.1. The zero-order valence-corrected chi connectivity index (χ0v) is 30.1. The number of benzene rings is 5. The van der Waals surface area contributed by atoms with Gasteiger partial charge in [-0.1, -0.05) is 114 Å². The van der Waals surface area contributed by atoms with Gasteiger partial charge in [-0.05, 0) is 113 Å². The van der Waals surface area contributed by atoms with Gasteiger partial charge in [0.1, 0.15) is 11.9 Å². The molecule has 0 bridgehead atoms. The van der Waals surface area contributed by atoms with Crippen LogP contribution in [-0.2, 0) is 4.74 Å². The second-order valence-corrected chi connectivity index (χ2v) is 15.0. The molecule has 3 aliphatic carbocycles. The van der Waals surface area contributed by atoms with Crippen molar-refractivity contribution in [2.75, 3.05) is 4.90 Å². The van der Waals surface area contributed by atoms with E-state index in [1.807, 2.05) is 0 Å². The molecule has 5 aromatic rings. The Balaban J connectivity index is 1.08. The van der Waals surface area contributed by atoms with E-state index in [-0.39, 0.29) is 6.10 Å². The second kappa shape index (κ2) is 12.7. The average molecular weight is 652 g/mol. The summed E-state index contributed by atoms with van der Waals surface area (Å²) in [6.07, 6.45) is 17.5. The number of hydrogen-bond donors (Lipinski definition) is 0. The maximum atomic E-state index is 6.71. The van der Waals surface area contributed by atoms with Gasteiger partial charge in [0.15, 0.2) is 0 Å². The van der Waals surface area contributed by atoms with E-state index in [0.717, 1.165) is 29.5 Å². The van der Waals surface area contributed by atoms with Crippen molar-refractivity contribution in [2.24, 2.45) is 11.8 Å². The molecule has 1 heterocycles. The van der Waals surface area contributed by atoms with Gasteiger partial charge < -0.3 is 9.64 Å². The summed E-state index contributed by atoms with van der Waals surface area (Å²) in [4.78, 5) is 2.45. The fraction of sp³-hybridized carbons (Fsp3) is 0.174. The molecule has 3 heteroatoms. The number of fused-ring (bicyclic) bond motifs is 4. The molecule has 0 amide bonds. The summed E-state index contributed by atoms with van der Waals surface area (Å²) in [6, 6.07) is 44.5. The van der Waals surface area contributed by atoms with Crippen LogP contribution in [-0.4, -0.2) is 16.3 Å². The van der Waals surface area contributed by atoms with Gasteiger partial charge in [0.2, 0.25) is 0 Å². The highest BCUT2D eigenvalue weighted by Crippen LogP contribution is 2.50. The maximum Gasteiger partial charge on any atom is 0.120 e. The third-order valence-corrected chi connectivity index (χ3v) is 11.9. The molecule has 3 unspecified atom stereocenters. The fourth-order valence-electron chi connectivity index (χ4n) is 8.44. The van der Waals surface area contributed by atoms with Crippen LogP contribution in [0.1, 0.15) is 43.2 Å². The lowest BCUT2D eigenvalue weighted by Crippen LogP contribution is -2.21. The molecule has 1 aliphatic heterocycles. The van der Waals surface area contributed by atoms with Crippen LogP contribution >= 0.6 is 0 Å². The summed E-state index contributed by atoms with van der Waals surface area (Å²) < 4.78 is 6.71. The number of nitrogens with zero attached hydrogens (tertiary/aromatic N) is 1. The van der Waals surface area contributed by atoms with Crippen LogP contribution in [0.25, 0.3) is 33.0 Å². The summed E-state index contributed by atoms with van der Waals surface area (Å²) in [7, 11) is 1.02. The average Bonchev–Trinajstić information content (AvgIpc) is 3.54. The van der Waals surface area contributed by atoms with Crippen LogP contribution in [0.5, 0.6) is 0 Å². The first-order valence-electron chi connectivity index (χ1n) is 17.9. The first kappa shape index (κ1) is 30.0. The van der Waals surface area contributed by atoms with Crippen LogP contribution in [0.3, 0.4) is 0 Å². The quantitative estimate of drug-likeness (QED) is 0.134. The molecular weight excluding hydrogens is 611 g/mol. The number of rotatable bonds is 6. The number of allylic oxidation sites excluding steroid dienone is 9. The Hall–Kier alpha value is -5.12. The predicted molar refractivity (Wildman–Crippen MR) is 209 cm³/mol. The standard InChI is InChI=1S/C46H41NOSi/c49-44-29-28-42-41-12-6-7-13-43(41)48-46(42)45(44)35-20-26-40(27-21-35)47(38-22-16-33(17-23-38)31-8-2-1-3-9-31)39-24-18-34(19-25-39)37-15-14-32-10-4-5-11-36(32)30-37/h1-5,7-11,13-18,20-24,26-27,29-30,41-43H,6,12,19,25,28H2,49H3. The largest absolute Gasteiger partial charge is 0.489 e. The highest BCUT2D eigenvalue weighted by atomic mass is 28.1. The van der Waals surface area contributed by atoms with Gasteiger partial charge in [0.25, 0.3) is 0 Å². The summed E-state index contributed by atoms with van der Waals surface area (Å²) in [5.74, 6) is 2.37. The van der Waals surface area contributed by atoms with Gasteiger partial charge in [0.05, 0.1) is 0 Å². The molecule has 9 rings (SSSR count). The van der Waals surface area contributed by atoms with Gasteiger partial charge in [-0.25, -0.2) is 0 Å². The Morgan fingerprint density at radius 1 is 0.653 bits per heavy atom. The first-order chi connectivity index (χ1) is 24.2. The lowest BCUT2D eigenvalue weighted by molar-refractivity contribution is 0.165. The van der Waals surface area contributed by atoms with E-state index < -0.39 is 0 Å². The minimum absolute atomic E-state index is 0.240. The molecule has 5 aromatic carbocycles. The van der Waals surface area contributed by atoms with E-state index in [1.165, 1.54) is 85.0 Å². The minimum Gasteiger partial charge on any atom is -0.489 e. The maximum absolute atomic E-state index is 6.71. The Bertz CT molecular complexity index is 2190. The molecule has 0 saturated carbocycles. The van der Waals surface area contributed by atoms with Crippen LogP contribution < -0.4 is 4.90 Å². The first-order valence-corrected chi connectivity index (χ1v) is 18.9. The zero-order chi connectivity index (χ0) is 32.7. The number of hydrogen-bond acceptors (Lipinski definition) is 2. The van der Waals surface area contributed by atoms with Crippen LogP contribution in [0.2, 0.25) is 0 Å². The van der Waals surface area contributed by atoms with Gasteiger partial charge in [-0.15, -0.1) is 0 Å². The molecule has 0 spiro atoms. The Morgan fingerprint density at radius 2 is 1.35 bits per heavy atom. The molecule has 240 valence electrons. The molecule has 0 N–H and O–H groups in total. The minimum atomic E-state index is 0.240. The predicted octanol–water partition coefficient (Wildman–Crippen LogP) is 10.8. The van der Waals surface area contributed by atoms with Crippen molar-refractivity contribution >= 4 is 43.5 Å². The van der Waals surface area contributed by atoms with Crippen molar-refractivity contribution < 1.29 is 4.74 Å². The molecule has 0 radical (unpaired) electrons. The molecule has 1 fully saturated rings. The fourth-order valence-corrected chi connectivity index (χ4v) is 9.21. The summed E-state index contributed by atoms with van der Waals surface area (Å²) >= 11 is 0. The molecule has 1 saturated heterocycles. The monoisotopic (exact) mass is 651 g/mol. The Morgan fingerprint density at radius 3 is 2.10 bits per heavy atom. The second-order valence-electron chi connectivity index (χ2n) is 13.9. The Kier molecular flexibility index (Phi) is 7.78. The van der Waals surface area contributed by atoms with Crippen molar-refractivity contribution in [3.05, 3.63) is 179 Å². The van der Waals surface area contributed by atoms with E-state index in [0.29, 0.717) is 11.8 Å². The van der Waals surface area contributed by atoms with Gasteiger partial charge in [-0.3, -0.25) is 0 Å². The van der Waals surface area contributed by atoms with E-state index >= 15 is 0 Å². The lowest BCUT2D eigenvalue weighted by Gasteiger charge is -2.30. The van der Waals surface area contributed by atoms with Crippen molar-refractivity contribution in [1.29, 1.82) is 0 Å². The van der Waals surface area contributed by atoms with Crippen molar-refractivity contribution in [3.63, 3.8) is 0 Å². The van der Waals surface area contributed by atoms with Crippen molar-refractivity contribution in [2.45, 2.75) is 38.2 Å². The third kappa shape index (κ3) is 5.62. The summed E-state index contributed by atoms with van der Waals surface area (Å²) in [5, 5.41) is 4.05. The van der Waals surface area contributed by atoms with E-state index in [4.69, 9.17) is 4.74 Å². The van der Waals surface area contributed by atoms with Gasteiger partial charge in [-0.2, -0.15) is 0 Å². The molecule has 2 nitrogen and oxygen atoms in total. The van der Waals surface area contributed by atoms with Crippen LogP contribution in [0.4, 0.5) is 11.4 Å². The lowest BCUT2D eigenvalue weighted by atomic mass is 9.78. The van der Waals surface area contributed by atoms with E-state index in [1.54, 1.807) is 0 Å². The van der Waals surface area contributed by atoms with Gasteiger partial charge in [0, 0.05) is 44.7 Å². The summed E-state index contributed by atoms with van der Waals surface area (Å²) in [5.41, 5.74) is 11.5. The van der Waals surface area contributed by atoms with E-state index in [2.05, 4.69) is 157 Å². The van der Waals surface area contributed by atoms with Gasteiger partial charge >= 0.3 is 0 Å². The molecular formula is C46H41NOSi. The van der Waals surface area contributed by atoms with Crippen LogP contribution in [0.15, 0.2) is 168 Å². The number of anilines is 2. The normalized spacial score (nSPS) is 21.4. The molecule has 0 aromatic heterocycles. The Labute approximate surface area is 292 Å². The molecule has 49 heavy (non-hydrogen) atoms.